The number of amides is 1. The van der Waals surface area contributed by atoms with Gasteiger partial charge in [0.25, 0.3) is 5.91 Å². The number of carbonyl (C=O) groups is 2. The Labute approximate surface area is 105 Å². The highest BCUT2D eigenvalue weighted by atomic mass is 16.5. The SMILES string of the molecule is COc1cnccc1C(=O)NC(C)C(C)C(=O)O. The first-order valence-corrected chi connectivity index (χ1v) is 5.49. The van der Waals surface area contributed by atoms with Gasteiger partial charge >= 0.3 is 5.97 Å². The molecule has 1 rings (SSSR count). The highest BCUT2D eigenvalue weighted by molar-refractivity contribution is 5.97. The zero-order valence-corrected chi connectivity index (χ0v) is 10.5. The highest BCUT2D eigenvalue weighted by Gasteiger charge is 2.22. The van der Waals surface area contributed by atoms with Crippen molar-refractivity contribution in [3.05, 3.63) is 24.0 Å². The van der Waals surface area contributed by atoms with Gasteiger partial charge in [-0.05, 0) is 19.9 Å². The van der Waals surface area contributed by atoms with Crippen molar-refractivity contribution in [2.75, 3.05) is 7.11 Å². The normalized spacial score (nSPS) is 13.5. The number of nitrogens with zero attached hydrogens (tertiary/aromatic N) is 1. The molecule has 0 bridgehead atoms. The van der Waals surface area contributed by atoms with Crippen molar-refractivity contribution in [3.63, 3.8) is 0 Å². The Morgan fingerprint density at radius 3 is 2.67 bits per heavy atom. The van der Waals surface area contributed by atoms with Crippen molar-refractivity contribution in [2.24, 2.45) is 5.92 Å². The van der Waals surface area contributed by atoms with Gasteiger partial charge in [-0.15, -0.1) is 0 Å². The number of carboxylic acid groups (broad SMARTS) is 1. The molecule has 1 heterocycles. The van der Waals surface area contributed by atoms with E-state index in [1.807, 2.05) is 0 Å². The van der Waals surface area contributed by atoms with Gasteiger partial charge in [0.2, 0.25) is 0 Å². The Morgan fingerprint density at radius 2 is 2.11 bits per heavy atom. The molecule has 2 N–H and O–H groups in total. The molecule has 2 unspecified atom stereocenters. The van der Waals surface area contributed by atoms with Crippen molar-refractivity contribution in [3.8, 4) is 5.75 Å². The molecule has 0 aliphatic carbocycles. The molecule has 0 aromatic carbocycles. The molecular formula is C12H16N2O4. The molecule has 0 saturated heterocycles. The van der Waals surface area contributed by atoms with E-state index in [2.05, 4.69) is 10.3 Å². The Morgan fingerprint density at radius 1 is 1.44 bits per heavy atom. The van der Waals surface area contributed by atoms with E-state index in [1.165, 1.54) is 32.5 Å². The average molecular weight is 252 g/mol. The molecule has 2 atom stereocenters. The second-order valence-electron chi connectivity index (χ2n) is 3.97. The second kappa shape index (κ2) is 6.00. The molecule has 0 saturated carbocycles. The molecule has 0 aliphatic heterocycles. The molecule has 1 aromatic heterocycles. The van der Waals surface area contributed by atoms with Gasteiger partial charge < -0.3 is 15.2 Å². The fourth-order valence-electron chi connectivity index (χ4n) is 1.35. The van der Waals surface area contributed by atoms with Crippen LogP contribution in [0.25, 0.3) is 0 Å². The van der Waals surface area contributed by atoms with Crippen LogP contribution in [0.5, 0.6) is 5.75 Å². The summed E-state index contributed by atoms with van der Waals surface area (Å²) in [6.07, 6.45) is 2.91. The molecule has 6 nitrogen and oxygen atoms in total. The summed E-state index contributed by atoms with van der Waals surface area (Å²) in [5, 5.41) is 11.5. The third kappa shape index (κ3) is 3.19. The number of nitrogens with one attached hydrogen (secondary N) is 1. The maximum Gasteiger partial charge on any atom is 0.308 e. The maximum atomic E-state index is 12.0. The van der Waals surface area contributed by atoms with Gasteiger partial charge in [-0.3, -0.25) is 14.6 Å². The Balaban J connectivity index is 2.79. The summed E-state index contributed by atoms with van der Waals surface area (Å²) in [4.78, 5) is 26.6. The van der Waals surface area contributed by atoms with Crippen LogP contribution in [-0.2, 0) is 4.79 Å². The summed E-state index contributed by atoms with van der Waals surface area (Å²) in [5.41, 5.74) is 0.330. The number of methoxy groups -OCH3 is 1. The summed E-state index contributed by atoms with van der Waals surface area (Å²) in [7, 11) is 1.44. The molecular weight excluding hydrogens is 236 g/mol. The van der Waals surface area contributed by atoms with Crippen LogP contribution >= 0.6 is 0 Å². The molecule has 0 fully saturated rings. The van der Waals surface area contributed by atoms with E-state index in [-0.39, 0.29) is 5.91 Å². The average Bonchev–Trinajstić information content (AvgIpc) is 2.37. The standard InChI is InChI=1S/C12H16N2O4/c1-7(12(16)17)8(2)14-11(15)9-4-5-13-6-10(9)18-3/h4-8H,1-3H3,(H,14,15)(H,16,17). The van der Waals surface area contributed by atoms with Gasteiger partial charge in [-0.1, -0.05) is 0 Å². The molecule has 0 radical (unpaired) electrons. The minimum atomic E-state index is -0.954. The van der Waals surface area contributed by atoms with Gasteiger partial charge in [0.05, 0.1) is 24.8 Å². The van der Waals surface area contributed by atoms with Crippen LogP contribution in [-0.4, -0.2) is 35.1 Å². The van der Waals surface area contributed by atoms with Crippen LogP contribution in [0.1, 0.15) is 24.2 Å². The van der Waals surface area contributed by atoms with Crippen LogP contribution in [0.2, 0.25) is 0 Å². The lowest BCUT2D eigenvalue weighted by molar-refractivity contribution is -0.141. The van der Waals surface area contributed by atoms with Gasteiger partial charge in [-0.25, -0.2) is 0 Å². The third-order valence-corrected chi connectivity index (χ3v) is 2.75. The first-order chi connectivity index (χ1) is 8.47. The number of rotatable bonds is 5. The number of aliphatic carboxylic acids is 1. The lowest BCUT2D eigenvalue weighted by Crippen LogP contribution is -2.40. The van der Waals surface area contributed by atoms with Crippen LogP contribution < -0.4 is 10.1 Å². The zero-order valence-electron chi connectivity index (χ0n) is 10.5. The highest BCUT2D eigenvalue weighted by Crippen LogP contribution is 2.16. The monoisotopic (exact) mass is 252 g/mol. The van der Waals surface area contributed by atoms with E-state index in [1.54, 1.807) is 6.92 Å². The van der Waals surface area contributed by atoms with Crippen LogP contribution in [0.4, 0.5) is 0 Å². The number of carbonyl (C=O) groups excluding carboxylic acids is 1. The predicted octanol–water partition coefficient (Wildman–Crippen LogP) is 0.929. The van der Waals surface area contributed by atoms with Gasteiger partial charge in [0.1, 0.15) is 5.75 Å². The van der Waals surface area contributed by atoms with E-state index in [0.29, 0.717) is 11.3 Å². The number of aromatic nitrogens is 1. The quantitative estimate of drug-likeness (QED) is 0.813. The van der Waals surface area contributed by atoms with Crippen LogP contribution in [0.3, 0.4) is 0 Å². The van der Waals surface area contributed by atoms with Gasteiger partial charge in [0.15, 0.2) is 0 Å². The largest absolute Gasteiger partial charge is 0.494 e. The predicted molar refractivity (Wildman–Crippen MR) is 64.5 cm³/mol. The summed E-state index contributed by atoms with van der Waals surface area (Å²) in [5.74, 6) is -1.65. The van der Waals surface area contributed by atoms with Crippen molar-refractivity contribution in [2.45, 2.75) is 19.9 Å². The fraction of sp³-hybridized carbons (Fsp3) is 0.417. The minimum Gasteiger partial charge on any atom is -0.494 e. The summed E-state index contributed by atoms with van der Waals surface area (Å²) in [6, 6.07) is 1.04. The van der Waals surface area contributed by atoms with E-state index in [9.17, 15) is 9.59 Å². The minimum absolute atomic E-state index is 0.330. The zero-order chi connectivity index (χ0) is 13.7. The van der Waals surface area contributed by atoms with Crippen molar-refractivity contribution < 1.29 is 19.4 Å². The number of ether oxygens (including phenoxy) is 1. The fourth-order valence-corrected chi connectivity index (χ4v) is 1.35. The lowest BCUT2D eigenvalue weighted by Gasteiger charge is -2.18. The molecule has 1 amide bonds. The second-order valence-corrected chi connectivity index (χ2v) is 3.97. The number of pyridine rings is 1. The van der Waals surface area contributed by atoms with Crippen molar-refractivity contribution >= 4 is 11.9 Å². The molecule has 1 aromatic rings. The Hall–Kier alpha value is -2.11. The number of hydrogen-bond donors (Lipinski definition) is 2. The van der Waals surface area contributed by atoms with Crippen molar-refractivity contribution in [1.29, 1.82) is 0 Å². The van der Waals surface area contributed by atoms with Crippen molar-refractivity contribution in [1.82, 2.24) is 10.3 Å². The Bertz CT molecular complexity index is 447. The van der Waals surface area contributed by atoms with Gasteiger partial charge in [0, 0.05) is 12.2 Å². The smallest absolute Gasteiger partial charge is 0.308 e. The van der Waals surface area contributed by atoms with Crippen LogP contribution in [0, 0.1) is 5.92 Å². The number of carboxylic acids is 1. The first kappa shape index (κ1) is 14.0. The van der Waals surface area contributed by atoms with E-state index >= 15 is 0 Å². The molecule has 98 valence electrons. The molecule has 0 spiro atoms. The summed E-state index contributed by atoms with van der Waals surface area (Å²) < 4.78 is 5.02. The number of hydrogen-bond acceptors (Lipinski definition) is 4. The van der Waals surface area contributed by atoms with E-state index in [0.717, 1.165) is 0 Å². The lowest BCUT2D eigenvalue weighted by atomic mass is 10.0. The van der Waals surface area contributed by atoms with E-state index in [4.69, 9.17) is 9.84 Å². The van der Waals surface area contributed by atoms with Gasteiger partial charge in [-0.2, -0.15) is 0 Å². The first-order valence-electron chi connectivity index (χ1n) is 5.49. The summed E-state index contributed by atoms with van der Waals surface area (Å²) in [6.45, 7) is 3.18. The summed E-state index contributed by atoms with van der Waals surface area (Å²) >= 11 is 0. The Kier molecular flexibility index (Phi) is 4.65. The molecule has 18 heavy (non-hydrogen) atoms. The maximum absolute atomic E-state index is 12.0. The van der Waals surface area contributed by atoms with E-state index < -0.39 is 17.9 Å². The molecule has 6 heteroatoms. The topological polar surface area (TPSA) is 88.5 Å². The molecule has 0 aliphatic rings. The third-order valence-electron chi connectivity index (χ3n) is 2.75. The van der Waals surface area contributed by atoms with Crippen LogP contribution in [0.15, 0.2) is 18.5 Å².